The van der Waals surface area contributed by atoms with Gasteiger partial charge in [-0.2, -0.15) is 0 Å². The highest BCUT2D eigenvalue weighted by atomic mass is 16.3. The van der Waals surface area contributed by atoms with Crippen LogP contribution in [0.25, 0.3) is 0 Å². The van der Waals surface area contributed by atoms with Gasteiger partial charge in [-0.05, 0) is 97.2 Å². The van der Waals surface area contributed by atoms with Crippen LogP contribution in [0.1, 0.15) is 113 Å². The maximum absolute atomic E-state index is 11.5. The molecule has 0 heterocycles. The Hall–Kier alpha value is -0.0400. The zero-order valence-corrected chi connectivity index (χ0v) is 20.1. The minimum Gasteiger partial charge on any atom is -0.393 e. The lowest BCUT2D eigenvalue weighted by Gasteiger charge is -2.62. The summed E-state index contributed by atoms with van der Waals surface area (Å²) in [4.78, 5) is 0. The summed E-state index contributed by atoms with van der Waals surface area (Å²) in [5.41, 5.74) is 0.714. The predicted molar refractivity (Wildman–Crippen MR) is 121 cm³/mol. The van der Waals surface area contributed by atoms with Gasteiger partial charge in [0.2, 0.25) is 0 Å². The fourth-order valence-corrected chi connectivity index (χ4v) is 9.05. The van der Waals surface area contributed by atoms with Crippen LogP contribution >= 0.6 is 0 Å². The molecule has 28 heavy (non-hydrogen) atoms. The van der Waals surface area contributed by atoms with E-state index >= 15 is 0 Å². The summed E-state index contributed by atoms with van der Waals surface area (Å²) < 4.78 is 0. The molecule has 0 aromatic rings. The quantitative estimate of drug-likeness (QED) is 0.523. The van der Waals surface area contributed by atoms with Crippen molar-refractivity contribution in [2.45, 2.75) is 119 Å². The normalized spacial score (nSPS) is 51.2. The Bertz CT molecular complexity index is 514. The third-order valence-electron chi connectivity index (χ3n) is 10.5. The zero-order chi connectivity index (χ0) is 20.7. The van der Waals surface area contributed by atoms with Gasteiger partial charge in [-0.25, -0.2) is 0 Å². The molecule has 10 atom stereocenters. The molecule has 0 bridgehead atoms. The summed E-state index contributed by atoms with van der Waals surface area (Å²) in [6.07, 6.45) is 13.7. The maximum Gasteiger partial charge on any atom is 0.0602 e. The number of aliphatic hydroxyl groups is 1. The molecule has 4 saturated carbocycles. The second kappa shape index (κ2) is 8.60. The summed E-state index contributed by atoms with van der Waals surface area (Å²) >= 11 is 0. The first kappa shape index (κ1) is 22.6. The van der Waals surface area contributed by atoms with Crippen molar-refractivity contribution < 1.29 is 5.11 Å². The number of hydrogen-bond donors (Lipinski definition) is 1. The number of fused-ring (bicyclic) bond motifs is 5. The van der Waals surface area contributed by atoms with Gasteiger partial charge in [0.15, 0.2) is 0 Å². The van der Waals surface area contributed by atoms with E-state index < -0.39 is 0 Å². The molecular formula is C27H50O. The molecule has 0 saturated heterocycles. The Labute approximate surface area is 176 Å². The Morgan fingerprint density at radius 1 is 0.964 bits per heavy atom. The second-order valence-electron chi connectivity index (χ2n) is 11.6. The molecule has 4 aliphatic rings. The summed E-state index contributed by atoms with van der Waals surface area (Å²) in [6.45, 7) is 16.4. The molecule has 0 spiro atoms. The molecular weight excluding hydrogens is 340 g/mol. The van der Waals surface area contributed by atoms with Gasteiger partial charge in [-0.15, -0.1) is 0 Å². The molecule has 0 radical (unpaired) electrons. The van der Waals surface area contributed by atoms with Crippen LogP contribution in [-0.2, 0) is 0 Å². The van der Waals surface area contributed by atoms with Gasteiger partial charge in [0.1, 0.15) is 0 Å². The third-order valence-corrected chi connectivity index (χ3v) is 10.5. The highest BCUT2D eigenvalue weighted by molar-refractivity contribution is 5.12. The van der Waals surface area contributed by atoms with Crippen LogP contribution in [0.15, 0.2) is 0 Å². The zero-order valence-electron chi connectivity index (χ0n) is 20.1. The van der Waals surface area contributed by atoms with Crippen molar-refractivity contribution in [3.05, 3.63) is 0 Å². The van der Waals surface area contributed by atoms with E-state index in [4.69, 9.17) is 0 Å². The lowest BCUT2D eigenvalue weighted by atomic mass is 9.43. The number of aliphatic hydroxyl groups excluding tert-OH is 1. The van der Waals surface area contributed by atoms with Gasteiger partial charge in [0, 0.05) is 0 Å². The number of hydrogen-bond acceptors (Lipinski definition) is 1. The van der Waals surface area contributed by atoms with Crippen LogP contribution in [0.4, 0.5) is 0 Å². The Morgan fingerprint density at radius 2 is 1.68 bits per heavy atom. The van der Waals surface area contributed by atoms with Crippen LogP contribution in [0.2, 0.25) is 0 Å². The minimum atomic E-state index is -0.0597. The average Bonchev–Trinajstić information content (AvgIpc) is 3.04. The topological polar surface area (TPSA) is 20.2 Å². The van der Waals surface area contributed by atoms with E-state index in [-0.39, 0.29) is 11.5 Å². The largest absolute Gasteiger partial charge is 0.393 e. The first-order valence-corrected chi connectivity index (χ1v) is 13.0. The summed E-state index contributed by atoms with van der Waals surface area (Å²) in [7, 11) is 0. The third kappa shape index (κ3) is 3.40. The molecule has 1 heteroatoms. The average molecular weight is 391 g/mol. The van der Waals surface area contributed by atoms with Gasteiger partial charge in [-0.3, -0.25) is 0 Å². The SMILES string of the molecule is CC.CCCC(C)C1CCC2C3CCC4CC(C)CCC4(C)C3C[C@H](O)C12C. The molecule has 0 aliphatic heterocycles. The highest BCUT2D eigenvalue weighted by Crippen LogP contribution is 2.68. The van der Waals surface area contributed by atoms with E-state index in [0.29, 0.717) is 5.41 Å². The molecule has 1 nitrogen and oxygen atoms in total. The smallest absolute Gasteiger partial charge is 0.0602 e. The molecule has 0 amide bonds. The second-order valence-corrected chi connectivity index (χ2v) is 11.6. The van der Waals surface area contributed by atoms with E-state index in [1.54, 1.807) is 0 Å². The van der Waals surface area contributed by atoms with Crippen molar-refractivity contribution in [2.75, 3.05) is 0 Å². The first-order chi connectivity index (χ1) is 13.3. The van der Waals surface area contributed by atoms with Gasteiger partial charge in [0.25, 0.3) is 0 Å². The Kier molecular flexibility index (Phi) is 6.96. The van der Waals surface area contributed by atoms with Crippen LogP contribution < -0.4 is 0 Å². The van der Waals surface area contributed by atoms with Crippen molar-refractivity contribution in [3.63, 3.8) is 0 Å². The molecule has 0 aromatic heterocycles. The van der Waals surface area contributed by atoms with E-state index in [1.807, 2.05) is 13.8 Å². The maximum atomic E-state index is 11.5. The lowest BCUT2D eigenvalue weighted by Crippen LogP contribution is -2.58. The van der Waals surface area contributed by atoms with Gasteiger partial charge in [-0.1, -0.05) is 67.7 Å². The lowest BCUT2D eigenvalue weighted by molar-refractivity contribution is -0.171. The monoisotopic (exact) mass is 390 g/mol. The van der Waals surface area contributed by atoms with E-state index in [2.05, 4.69) is 34.6 Å². The van der Waals surface area contributed by atoms with Crippen molar-refractivity contribution in [2.24, 2.45) is 52.3 Å². The fraction of sp³-hybridized carbons (Fsp3) is 1.00. The van der Waals surface area contributed by atoms with Gasteiger partial charge >= 0.3 is 0 Å². The molecule has 4 aliphatic carbocycles. The summed E-state index contributed by atoms with van der Waals surface area (Å²) in [5.74, 6) is 5.87. The standard InChI is InChI=1S/C25H44O.C2H6/c1-6-7-17(3)20-10-11-21-19-9-8-18-14-16(2)12-13-24(18,4)22(19)15-23(26)25(20,21)5;1-2/h16-23,26H,6-15H2,1-5H3;1-2H3/t16?,17?,18?,19?,20?,21?,22?,23-,24?,25?;/m0./s1. The van der Waals surface area contributed by atoms with Crippen molar-refractivity contribution in [3.8, 4) is 0 Å². The molecule has 0 aromatic carbocycles. The fourth-order valence-electron chi connectivity index (χ4n) is 9.05. The predicted octanol–water partition coefficient (Wildman–Crippen LogP) is 7.71. The Balaban J connectivity index is 0.00000109. The molecule has 9 unspecified atom stereocenters. The van der Waals surface area contributed by atoms with Gasteiger partial charge < -0.3 is 5.11 Å². The van der Waals surface area contributed by atoms with Crippen LogP contribution in [0.3, 0.4) is 0 Å². The summed E-state index contributed by atoms with van der Waals surface area (Å²) in [6, 6.07) is 0. The summed E-state index contributed by atoms with van der Waals surface area (Å²) in [5, 5.41) is 11.5. The molecule has 4 rings (SSSR count). The minimum absolute atomic E-state index is 0.0597. The van der Waals surface area contributed by atoms with Crippen LogP contribution in [-0.4, -0.2) is 11.2 Å². The van der Waals surface area contributed by atoms with Gasteiger partial charge in [0.05, 0.1) is 6.10 Å². The Morgan fingerprint density at radius 3 is 2.36 bits per heavy atom. The molecule has 1 N–H and O–H groups in total. The van der Waals surface area contributed by atoms with E-state index in [1.165, 1.54) is 57.8 Å². The van der Waals surface area contributed by atoms with E-state index in [9.17, 15) is 5.11 Å². The van der Waals surface area contributed by atoms with Crippen molar-refractivity contribution in [1.29, 1.82) is 0 Å². The van der Waals surface area contributed by atoms with Crippen LogP contribution in [0.5, 0.6) is 0 Å². The van der Waals surface area contributed by atoms with Crippen molar-refractivity contribution >= 4 is 0 Å². The molecule has 164 valence electrons. The molecule has 4 fully saturated rings. The van der Waals surface area contributed by atoms with E-state index in [0.717, 1.165) is 47.8 Å². The first-order valence-electron chi connectivity index (χ1n) is 13.0. The number of rotatable bonds is 3. The highest BCUT2D eigenvalue weighted by Gasteiger charge is 2.63. The van der Waals surface area contributed by atoms with Crippen molar-refractivity contribution in [1.82, 2.24) is 0 Å². The van der Waals surface area contributed by atoms with Crippen LogP contribution in [0, 0.1) is 52.3 Å².